The number of nitrogens with zero attached hydrogens (tertiary/aromatic N) is 6. The normalized spacial score (nSPS) is 12.2. The van der Waals surface area contributed by atoms with E-state index < -0.39 is 0 Å². The second kappa shape index (κ2) is 32.2. The third-order valence-corrected chi connectivity index (χ3v) is 34.5. The molecule has 0 atom stereocenters. The van der Waals surface area contributed by atoms with Crippen LogP contribution in [0, 0.1) is 0 Å². The first kappa shape index (κ1) is 81.7. The molecule has 1 aliphatic rings. The molecule has 0 saturated heterocycles. The van der Waals surface area contributed by atoms with Crippen molar-refractivity contribution in [1.29, 1.82) is 0 Å². The fourth-order valence-corrected chi connectivity index (χ4v) is 28.0. The molecule has 6 nitrogen and oxygen atoms in total. The van der Waals surface area contributed by atoms with E-state index in [2.05, 4.69) is 469 Å². The minimum Gasteiger partial charge on any atom is -0.309 e. The zero-order valence-electron chi connectivity index (χ0n) is 78.1. The van der Waals surface area contributed by atoms with Crippen LogP contribution in [0.25, 0.3) is 296 Å². The van der Waals surface area contributed by atoms with Gasteiger partial charge >= 0.3 is 0 Å². The van der Waals surface area contributed by atoms with Crippen molar-refractivity contribution in [2.24, 2.45) is 0 Å². The van der Waals surface area contributed by atoms with Crippen LogP contribution >= 0.6 is 34.0 Å². The lowest BCUT2D eigenvalue weighted by atomic mass is 9.91. The molecule has 0 spiro atoms. The number of para-hydroxylation sites is 5. The Hall–Kier alpha value is -18.1. The average molecular weight is 1890 g/mol. The zero-order valence-corrected chi connectivity index (χ0v) is 80.6. The van der Waals surface area contributed by atoms with Crippen molar-refractivity contribution >= 4 is 257 Å². The van der Waals surface area contributed by atoms with Gasteiger partial charge in [-0.05, 0) is 268 Å². The van der Waals surface area contributed by atoms with Crippen LogP contribution in [0.15, 0.2) is 474 Å². The average Bonchev–Trinajstić information content (AvgIpc) is 1.55. The first-order valence-corrected chi connectivity index (χ1v) is 52.0. The number of benzene rings is 23. The number of hydrogen-bond donors (Lipinski definition) is 0. The van der Waals surface area contributed by atoms with Crippen molar-refractivity contribution in [2.75, 3.05) is 0 Å². The van der Waals surface area contributed by atoms with Crippen LogP contribution in [0.5, 0.6) is 0 Å². The monoisotopic (exact) mass is 1890 g/mol. The Morgan fingerprint density at radius 1 is 0.179 bits per heavy atom. The summed E-state index contributed by atoms with van der Waals surface area (Å²) in [5.41, 5.74) is 23.4. The van der Waals surface area contributed by atoms with Gasteiger partial charge in [0.25, 0.3) is 0 Å². The molecular weight excluding hydrogens is 1810 g/mol. The molecule has 0 saturated carbocycles. The van der Waals surface area contributed by atoms with Gasteiger partial charge in [0.15, 0.2) is 11.6 Å². The summed E-state index contributed by atoms with van der Waals surface area (Å²) in [5.74, 6) is 2.00. The van der Waals surface area contributed by atoms with Gasteiger partial charge in [0, 0.05) is 115 Å². The van der Waals surface area contributed by atoms with E-state index in [-0.39, 0.29) is 0 Å². The summed E-state index contributed by atoms with van der Waals surface area (Å²) < 4.78 is 14.6. The summed E-state index contributed by atoms with van der Waals surface area (Å²) in [6.45, 7) is 0. The molecule has 9 aromatic heterocycles. The molecule has 0 radical (unpaired) electrons. The predicted molar refractivity (Wildman–Crippen MR) is 622 cm³/mol. The lowest BCUT2D eigenvalue weighted by Gasteiger charge is -2.12. The van der Waals surface area contributed by atoms with Gasteiger partial charge in [-0.1, -0.05) is 340 Å². The Bertz CT molecular complexity index is 11000. The van der Waals surface area contributed by atoms with E-state index in [1.165, 1.54) is 284 Å². The summed E-state index contributed by atoms with van der Waals surface area (Å²) in [7, 11) is 0. The van der Waals surface area contributed by atoms with E-state index in [1.54, 1.807) is 0 Å². The Balaban J connectivity index is 0.0000000993. The highest BCUT2D eigenvalue weighted by atomic mass is 32.1. The van der Waals surface area contributed by atoms with Crippen LogP contribution in [0.1, 0.15) is 11.1 Å². The molecule has 0 fully saturated rings. The Labute approximate surface area is 843 Å². The molecule has 0 amide bonds. The van der Waals surface area contributed by atoms with Gasteiger partial charge in [0.05, 0.1) is 52.9 Å². The molecule has 1 aliphatic carbocycles. The maximum absolute atomic E-state index is 5.16. The maximum atomic E-state index is 5.16. The summed E-state index contributed by atoms with van der Waals surface area (Å²) in [4.78, 5) is 15.1. The van der Waals surface area contributed by atoms with Crippen molar-refractivity contribution in [3.8, 4) is 73.1 Å². The highest BCUT2D eigenvalue weighted by molar-refractivity contribution is 7.27. The summed E-state index contributed by atoms with van der Waals surface area (Å²) in [6.07, 6.45) is 6.87. The molecule has 33 rings (SSSR count). The summed E-state index contributed by atoms with van der Waals surface area (Å²) in [5, 5.41) is 38.5. The third-order valence-electron chi connectivity index (χ3n) is 30.9. The van der Waals surface area contributed by atoms with Crippen molar-refractivity contribution in [3.63, 3.8) is 0 Å². The molecule has 0 unspecified atom stereocenters. The van der Waals surface area contributed by atoms with Crippen molar-refractivity contribution < 1.29 is 0 Å². The molecule has 0 bridgehead atoms. The van der Waals surface area contributed by atoms with Crippen LogP contribution in [0.2, 0.25) is 0 Å². The summed E-state index contributed by atoms with van der Waals surface area (Å²) >= 11 is 5.51. The largest absolute Gasteiger partial charge is 0.309 e. The molecule has 9 heterocycles. The first-order valence-electron chi connectivity index (χ1n) is 49.6. The lowest BCUT2D eigenvalue weighted by molar-refractivity contribution is 1.09. The van der Waals surface area contributed by atoms with E-state index in [4.69, 9.17) is 15.0 Å². The van der Waals surface area contributed by atoms with E-state index >= 15 is 0 Å². The molecule has 23 aromatic carbocycles. The highest BCUT2D eigenvalue weighted by Crippen LogP contribution is 2.52. The molecule has 9 heteroatoms. The molecule has 145 heavy (non-hydrogen) atoms. The second-order valence-electron chi connectivity index (χ2n) is 38.5. The van der Waals surface area contributed by atoms with Crippen molar-refractivity contribution in [2.45, 2.75) is 6.42 Å². The number of fused-ring (bicyclic) bond motifs is 40. The van der Waals surface area contributed by atoms with E-state index in [1.807, 2.05) is 52.6 Å². The van der Waals surface area contributed by atoms with E-state index in [0.29, 0.717) is 0 Å². The maximum Gasteiger partial charge on any atom is 0.155 e. The van der Waals surface area contributed by atoms with Crippen molar-refractivity contribution in [1.82, 2.24) is 28.7 Å². The number of thiophene rings is 3. The quantitative estimate of drug-likeness (QED) is 0.149. The number of hydrogen-bond acceptors (Lipinski definition) is 6. The van der Waals surface area contributed by atoms with Gasteiger partial charge in [0.1, 0.15) is 0 Å². The van der Waals surface area contributed by atoms with Crippen LogP contribution in [-0.4, -0.2) is 28.7 Å². The van der Waals surface area contributed by atoms with Gasteiger partial charge in [-0.15, -0.1) is 34.0 Å². The Kier molecular flexibility index (Phi) is 18.2. The van der Waals surface area contributed by atoms with Gasteiger partial charge in [-0.2, -0.15) is 0 Å². The van der Waals surface area contributed by atoms with Crippen LogP contribution < -0.4 is 0 Å². The molecular formula is C136H80N6S3. The van der Waals surface area contributed by atoms with Crippen molar-refractivity contribution in [3.05, 3.63) is 485 Å². The standard InChI is InChI=1S/C48H28N2S.C47H28N2S.C41H24N2S/c1-2-10-31-30(9-1)27-43-36(31)20-21-39-38-15-7-8-16-44(38)50(46(39)43)48-47-40(23-24-49-48)42-26-29(18-22-45(42)51-47)28-17-19-37-34-13-4-3-11-32(34)33-12-5-6-14-35(33)41(37)25-28;1-2-14-35-33(12-1)34-13-3-4-15-36(34)41-27-30(20-22-37(35)41)29-10-9-11-31(26-29)46-47-40(24-25-48-46)42-28-32(21-23-45(42)50-47)49-43-18-7-5-16-38(43)39-17-6-8-19-44(39)49;1-2-11-29-27(9-1)28-10-3-4-12-30(28)35-23-25(17-19-31(29)35)26-18-20-39-36(24-26)34-21-22-42-41(40(34)44-39)43-37-15-7-5-13-32(37)33-14-6-8-16-38(33)43/h1-26H,27H2;1-28H;1-24H. The van der Waals surface area contributed by atoms with Crippen LogP contribution in [0.4, 0.5) is 0 Å². The number of rotatable bonds is 7. The summed E-state index contributed by atoms with van der Waals surface area (Å²) in [6, 6.07) is 167. The first-order chi connectivity index (χ1) is 71.9. The Morgan fingerprint density at radius 3 is 0.924 bits per heavy atom. The third kappa shape index (κ3) is 12.5. The van der Waals surface area contributed by atoms with Crippen LogP contribution in [-0.2, 0) is 6.42 Å². The fourth-order valence-electron chi connectivity index (χ4n) is 24.5. The Morgan fingerprint density at radius 2 is 0.483 bits per heavy atom. The number of pyridine rings is 3. The number of aromatic nitrogens is 6. The van der Waals surface area contributed by atoms with Gasteiger partial charge in [-0.3, -0.25) is 14.1 Å². The van der Waals surface area contributed by atoms with E-state index in [0.717, 1.165) is 29.3 Å². The molecule has 672 valence electrons. The van der Waals surface area contributed by atoms with E-state index in [9.17, 15) is 0 Å². The smallest absolute Gasteiger partial charge is 0.155 e. The van der Waals surface area contributed by atoms with Gasteiger partial charge < -0.3 is 4.57 Å². The predicted octanol–water partition coefficient (Wildman–Crippen LogP) is 38.3. The van der Waals surface area contributed by atoms with Crippen LogP contribution in [0.3, 0.4) is 0 Å². The topological polar surface area (TPSA) is 53.5 Å². The minimum atomic E-state index is 0.932. The minimum absolute atomic E-state index is 0.932. The van der Waals surface area contributed by atoms with Gasteiger partial charge in [0.2, 0.25) is 0 Å². The van der Waals surface area contributed by atoms with Gasteiger partial charge in [-0.25, -0.2) is 9.97 Å². The second-order valence-corrected chi connectivity index (χ2v) is 41.7. The zero-order chi connectivity index (χ0) is 94.7. The SMILES string of the molecule is c1cc(-c2ccc3c4ccccc4c4ccccc4c3c2)cc(-c2nccc3c2sc2ccc(-n4c5ccccc5c5ccccc54)cc23)c1.c1ccc2c(c1)Cc1c-2ccc2c3ccccc3n(-c3nccc4c3sc3ccc(-c5ccc6c7ccccc7c7ccccc7c6c5)cc34)c12.c1ccc2c(c1)c1ccccc1c1cc(-c3ccc4sc5c(-n6c7ccccc7c7ccccc76)nccc5c4c3)ccc21. The molecule has 0 N–H and O–H groups in total. The lowest BCUT2D eigenvalue weighted by Crippen LogP contribution is -1.99. The highest BCUT2D eigenvalue weighted by Gasteiger charge is 2.29. The fraction of sp³-hybridized carbons (Fsp3) is 0.00735. The molecule has 32 aromatic rings. The molecule has 0 aliphatic heterocycles.